The summed E-state index contributed by atoms with van der Waals surface area (Å²) in [6.45, 7) is 9.66. The van der Waals surface area contributed by atoms with Crippen LogP contribution in [0.1, 0.15) is 26.3 Å². The summed E-state index contributed by atoms with van der Waals surface area (Å²) in [5, 5.41) is 5.70. The second kappa shape index (κ2) is 8.90. The third-order valence-electron chi connectivity index (χ3n) is 4.03. The zero-order valence-electron chi connectivity index (χ0n) is 15.7. The zero-order valence-corrected chi connectivity index (χ0v) is 16.4. The van der Waals surface area contributed by atoms with Crippen LogP contribution in [0.3, 0.4) is 0 Å². The molecule has 0 bridgehead atoms. The number of hydrazone groups is 1. The van der Waals surface area contributed by atoms with Crippen LogP contribution >= 0.6 is 11.6 Å². The Hall–Kier alpha value is -2.54. The number of rotatable bonds is 6. The fourth-order valence-corrected chi connectivity index (χ4v) is 2.91. The second-order valence-corrected chi connectivity index (χ2v) is 6.16. The molecule has 1 aliphatic heterocycles. The first-order valence-corrected chi connectivity index (χ1v) is 9.08. The molecule has 0 fully saturated rings. The molecular formula is C19H23ClN2O5. The minimum absolute atomic E-state index is 0.0523. The van der Waals surface area contributed by atoms with Gasteiger partial charge in [0.05, 0.1) is 25.5 Å². The molecule has 7 nitrogen and oxygen atoms in total. The van der Waals surface area contributed by atoms with Crippen molar-refractivity contribution in [1.82, 2.24) is 5.01 Å². The Kier molecular flexibility index (Phi) is 6.85. The van der Waals surface area contributed by atoms with Gasteiger partial charge in [-0.2, -0.15) is 5.01 Å². The molecule has 1 heterocycles. The van der Waals surface area contributed by atoms with Crippen molar-refractivity contribution in [2.75, 3.05) is 19.8 Å². The van der Waals surface area contributed by atoms with Gasteiger partial charge in [-0.3, -0.25) is 4.79 Å². The Morgan fingerprint density at radius 2 is 1.74 bits per heavy atom. The summed E-state index contributed by atoms with van der Waals surface area (Å²) in [7, 11) is 0. The van der Waals surface area contributed by atoms with Crippen LogP contribution in [0.2, 0.25) is 5.02 Å². The van der Waals surface area contributed by atoms with Crippen molar-refractivity contribution in [2.24, 2.45) is 10.5 Å². The number of benzene rings is 1. The normalized spacial score (nSPS) is 18.9. The van der Waals surface area contributed by atoms with E-state index < -0.39 is 17.5 Å². The number of halogens is 1. The molecule has 0 N–H and O–H groups in total. The minimum atomic E-state index is -1.47. The van der Waals surface area contributed by atoms with E-state index in [1.54, 1.807) is 45.0 Å². The molecule has 8 heteroatoms. The summed E-state index contributed by atoms with van der Waals surface area (Å²) in [4.78, 5) is 25.3. The first-order valence-electron chi connectivity index (χ1n) is 8.70. The molecule has 1 unspecified atom stereocenters. The molecule has 0 radical (unpaired) electrons. The molecule has 1 aromatic carbocycles. The quantitative estimate of drug-likeness (QED) is 0.686. The highest BCUT2D eigenvalue weighted by Crippen LogP contribution is 2.42. The summed E-state index contributed by atoms with van der Waals surface area (Å²) in [5.41, 5.74) is -0.559. The Labute approximate surface area is 163 Å². The lowest BCUT2D eigenvalue weighted by atomic mass is 9.79. The van der Waals surface area contributed by atoms with Gasteiger partial charge in [0.1, 0.15) is 0 Å². The van der Waals surface area contributed by atoms with E-state index in [1.807, 2.05) is 0 Å². The molecule has 27 heavy (non-hydrogen) atoms. The number of carbonyl (C=O) groups is 2. The van der Waals surface area contributed by atoms with Crippen molar-refractivity contribution in [1.29, 1.82) is 0 Å². The SMILES string of the molecule is C=C1N(C(=O)OCC)N=C(OCC)C1(Cc1ccc(Cl)cc1)C(=O)OCC. The van der Waals surface area contributed by atoms with Crippen LogP contribution in [0.15, 0.2) is 41.6 Å². The van der Waals surface area contributed by atoms with E-state index in [-0.39, 0.29) is 37.8 Å². The summed E-state index contributed by atoms with van der Waals surface area (Å²) >= 11 is 5.95. The van der Waals surface area contributed by atoms with Gasteiger partial charge in [0, 0.05) is 11.4 Å². The Bertz CT molecular complexity index is 747. The zero-order chi connectivity index (χ0) is 20.0. The lowest BCUT2D eigenvalue weighted by Gasteiger charge is -2.29. The number of hydrogen-bond donors (Lipinski definition) is 0. The monoisotopic (exact) mass is 394 g/mol. The number of amides is 1. The van der Waals surface area contributed by atoms with Gasteiger partial charge in [-0.05, 0) is 38.5 Å². The van der Waals surface area contributed by atoms with Crippen LogP contribution in [0, 0.1) is 5.41 Å². The minimum Gasteiger partial charge on any atom is -0.479 e. The van der Waals surface area contributed by atoms with E-state index in [9.17, 15) is 9.59 Å². The molecule has 1 amide bonds. The van der Waals surface area contributed by atoms with Gasteiger partial charge in [0.2, 0.25) is 5.90 Å². The molecule has 1 atom stereocenters. The third kappa shape index (κ3) is 4.08. The molecule has 0 aromatic heterocycles. The number of hydrogen-bond acceptors (Lipinski definition) is 6. The summed E-state index contributed by atoms with van der Waals surface area (Å²) in [6.07, 6.45) is -0.585. The first-order chi connectivity index (χ1) is 12.9. The second-order valence-electron chi connectivity index (χ2n) is 5.72. The van der Waals surface area contributed by atoms with Crippen molar-refractivity contribution in [3.63, 3.8) is 0 Å². The lowest BCUT2D eigenvalue weighted by molar-refractivity contribution is -0.150. The summed E-state index contributed by atoms with van der Waals surface area (Å²) in [5.74, 6) is -0.541. The van der Waals surface area contributed by atoms with Gasteiger partial charge in [0.15, 0.2) is 5.41 Å². The Balaban J connectivity index is 2.52. The van der Waals surface area contributed by atoms with Gasteiger partial charge in [-0.25, -0.2) is 4.79 Å². The van der Waals surface area contributed by atoms with E-state index in [0.29, 0.717) is 5.02 Å². The molecular weight excluding hydrogens is 372 g/mol. The van der Waals surface area contributed by atoms with Crippen LogP contribution in [-0.4, -0.2) is 42.8 Å². The number of nitrogens with zero attached hydrogens (tertiary/aromatic N) is 2. The number of esters is 1. The van der Waals surface area contributed by atoms with E-state index in [0.717, 1.165) is 10.6 Å². The Morgan fingerprint density at radius 1 is 1.11 bits per heavy atom. The predicted molar refractivity (Wildman–Crippen MR) is 101 cm³/mol. The van der Waals surface area contributed by atoms with Crippen LogP contribution in [0.4, 0.5) is 4.79 Å². The van der Waals surface area contributed by atoms with Crippen LogP contribution < -0.4 is 0 Å². The number of ether oxygens (including phenoxy) is 3. The smallest absolute Gasteiger partial charge is 0.435 e. The van der Waals surface area contributed by atoms with Gasteiger partial charge < -0.3 is 14.2 Å². The van der Waals surface area contributed by atoms with Crippen LogP contribution in [0.5, 0.6) is 0 Å². The van der Waals surface area contributed by atoms with E-state index in [4.69, 9.17) is 25.8 Å². The van der Waals surface area contributed by atoms with Crippen LogP contribution in [0.25, 0.3) is 0 Å². The maximum Gasteiger partial charge on any atom is 0.435 e. The maximum absolute atomic E-state index is 13.0. The topological polar surface area (TPSA) is 77.4 Å². The van der Waals surface area contributed by atoms with E-state index >= 15 is 0 Å². The highest BCUT2D eigenvalue weighted by Gasteiger charge is 2.57. The van der Waals surface area contributed by atoms with Crippen molar-refractivity contribution in [3.8, 4) is 0 Å². The van der Waals surface area contributed by atoms with Gasteiger partial charge in [-0.1, -0.05) is 30.3 Å². The van der Waals surface area contributed by atoms with Crippen molar-refractivity contribution >= 4 is 29.6 Å². The fraction of sp³-hybridized carbons (Fsp3) is 0.421. The van der Waals surface area contributed by atoms with Gasteiger partial charge in [0.25, 0.3) is 0 Å². The first kappa shape index (κ1) is 20.8. The van der Waals surface area contributed by atoms with Crippen LogP contribution in [-0.2, 0) is 25.4 Å². The molecule has 0 spiro atoms. The molecule has 0 aliphatic carbocycles. The largest absolute Gasteiger partial charge is 0.479 e. The summed E-state index contributed by atoms with van der Waals surface area (Å²) < 4.78 is 15.9. The summed E-state index contributed by atoms with van der Waals surface area (Å²) in [6, 6.07) is 7.00. The standard InChI is InChI=1S/C19H23ClN2O5/c1-5-25-16-19(17(23)26-6-2,12-14-8-10-15(20)11-9-14)13(4)22(21-16)18(24)27-7-3/h8-11H,4-7,12H2,1-3H3. The molecule has 1 aromatic rings. The molecule has 1 aliphatic rings. The van der Waals surface area contributed by atoms with Gasteiger partial charge in [-0.15, -0.1) is 5.10 Å². The molecule has 0 saturated carbocycles. The predicted octanol–water partition coefficient (Wildman–Crippen LogP) is 3.77. The lowest BCUT2D eigenvalue weighted by Crippen LogP contribution is -2.44. The molecule has 2 rings (SSSR count). The highest BCUT2D eigenvalue weighted by molar-refractivity contribution is 6.30. The van der Waals surface area contributed by atoms with Crippen molar-refractivity contribution in [3.05, 3.63) is 47.1 Å². The maximum atomic E-state index is 13.0. The molecule has 0 saturated heterocycles. The van der Waals surface area contributed by atoms with E-state index in [1.165, 1.54) is 0 Å². The number of carbonyl (C=O) groups excluding carboxylic acids is 2. The Morgan fingerprint density at radius 3 is 2.30 bits per heavy atom. The average Bonchev–Trinajstić information content (AvgIpc) is 2.91. The van der Waals surface area contributed by atoms with E-state index in [2.05, 4.69) is 11.7 Å². The fourth-order valence-electron chi connectivity index (χ4n) is 2.78. The average molecular weight is 395 g/mol. The van der Waals surface area contributed by atoms with Crippen molar-refractivity contribution < 1.29 is 23.8 Å². The van der Waals surface area contributed by atoms with Crippen molar-refractivity contribution in [2.45, 2.75) is 27.2 Å². The van der Waals surface area contributed by atoms with Gasteiger partial charge >= 0.3 is 12.1 Å². The highest BCUT2D eigenvalue weighted by atomic mass is 35.5. The third-order valence-corrected chi connectivity index (χ3v) is 4.28. The molecule has 146 valence electrons.